The lowest BCUT2D eigenvalue weighted by atomic mass is 10.1. The molecule has 0 aromatic heterocycles. The van der Waals surface area contributed by atoms with Crippen molar-refractivity contribution in [2.24, 2.45) is 0 Å². The summed E-state index contributed by atoms with van der Waals surface area (Å²) in [5.74, 6) is 2.08. The van der Waals surface area contributed by atoms with E-state index in [0.29, 0.717) is 18.8 Å². The van der Waals surface area contributed by atoms with Crippen molar-refractivity contribution in [2.75, 3.05) is 13.7 Å². The number of methoxy groups -OCH3 is 1. The van der Waals surface area contributed by atoms with Gasteiger partial charge in [-0.3, -0.25) is 4.79 Å². The SMILES string of the molecule is CCOc1ccc(C(C)NC(=O)C(CC)Oc2ccc(OC)cc2)cc1. The summed E-state index contributed by atoms with van der Waals surface area (Å²) in [6.45, 7) is 6.46. The molecule has 0 fully saturated rings. The number of ether oxygens (including phenoxy) is 3. The number of carbonyl (C=O) groups excluding carboxylic acids is 1. The molecule has 2 aromatic rings. The molecule has 0 bridgehead atoms. The van der Waals surface area contributed by atoms with E-state index in [9.17, 15) is 4.79 Å². The Kier molecular flexibility index (Phi) is 7.33. The zero-order valence-corrected chi connectivity index (χ0v) is 15.8. The van der Waals surface area contributed by atoms with Crippen molar-refractivity contribution in [1.29, 1.82) is 0 Å². The predicted molar refractivity (Wildman–Crippen MR) is 102 cm³/mol. The Morgan fingerprint density at radius 1 is 0.962 bits per heavy atom. The molecule has 0 radical (unpaired) electrons. The smallest absolute Gasteiger partial charge is 0.261 e. The Morgan fingerprint density at radius 3 is 2.08 bits per heavy atom. The first-order valence-electron chi connectivity index (χ1n) is 8.91. The van der Waals surface area contributed by atoms with Gasteiger partial charge in [-0.2, -0.15) is 0 Å². The third-order valence-electron chi connectivity index (χ3n) is 4.05. The number of benzene rings is 2. The zero-order chi connectivity index (χ0) is 18.9. The lowest BCUT2D eigenvalue weighted by Crippen LogP contribution is -2.39. The lowest BCUT2D eigenvalue weighted by molar-refractivity contribution is -0.128. The molecule has 1 amide bonds. The largest absolute Gasteiger partial charge is 0.497 e. The van der Waals surface area contributed by atoms with Crippen LogP contribution in [0.3, 0.4) is 0 Å². The highest BCUT2D eigenvalue weighted by atomic mass is 16.5. The molecule has 2 atom stereocenters. The van der Waals surface area contributed by atoms with E-state index in [2.05, 4.69) is 5.32 Å². The average molecular weight is 357 g/mol. The van der Waals surface area contributed by atoms with Gasteiger partial charge in [-0.15, -0.1) is 0 Å². The standard InChI is InChI=1S/C21H27NO4/c1-5-20(26-19-13-11-17(24-4)12-14-19)21(23)22-15(3)16-7-9-18(10-8-16)25-6-2/h7-15,20H,5-6H2,1-4H3,(H,22,23). The Hall–Kier alpha value is -2.69. The van der Waals surface area contributed by atoms with Gasteiger partial charge in [-0.05, 0) is 62.2 Å². The van der Waals surface area contributed by atoms with Gasteiger partial charge in [-0.1, -0.05) is 19.1 Å². The van der Waals surface area contributed by atoms with E-state index in [1.165, 1.54) is 0 Å². The van der Waals surface area contributed by atoms with E-state index in [0.717, 1.165) is 17.1 Å². The van der Waals surface area contributed by atoms with Crippen LogP contribution in [0.25, 0.3) is 0 Å². The summed E-state index contributed by atoms with van der Waals surface area (Å²) in [5, 5.41) is 3.01. The van der Waals surface area contributed by atoms with Crippen LogP contribution in [0.15, 0.2) is 48.5 Å². The fourth-order valence-corrected chi connectivity index (χ4v) is 2.55. The van der Waals surface area contributed by atoms with Crippen LogP contribution in [-0.4, -0.2) is 25.7 Å². The van der Waals surface area contributed by atoms with Crippen LogP contribution in [0.1, 0.15) is 38.8 Å². The van der Waals surface area contributed by atoms with E-state index < -0.39 is 6.10 Å². The van der Waals surface area contributed by atoms with Gasteiger partial charge < -0.3 is 19.5 Å². The molecule has 0 aliphatic rings. The quantitative estimate of drug-likeness (QED) is 0.733. The maximum Gasteiger partial charge on any atom is 0.261 e. The molecule has 140 valence electrons. The second-order valence-corrected chi connectivity index (χ2v) is 5.92. The van der Waals surface area contributed by atoms with E-state index >= 15 is 0 Å². The highest BCUT2D eigenvalue weighted by molar-refractivity contribution is 5.81. The van der Waals surface area contributed by atoms with Crippen molar-refractivity contribution < 1.29 is 19.0 Å². The van der Waals surface area contributed by atoms with Crippen LogP contribution >= 0.6 is 0 Å². The summed E-state index contributed by atoms with van der Waals surface area (Å²) < 4.78 is 16.4. The number of rotatable bonds is 9. The van der Waals surface area contributed by atoms with Gasteiger partial charge in [0.1, 0.15) is 17.2 Å². The Bertz CT molecular complexity index is 682. The first kappa shape index (κ1) is 19.6. The molecular weight excluding hydrogens is 330 g/mol. The number of amides is 1. The zero-order valence-electron chi connectivity index (χ0n) is 15.8. The van der Waals surface area contributed by atoms with Crippen LogP contribution in [0.5, 0.6) is 17.2 Å². The molecule has 0 aliphatic heterocycles. The molecule has 0 aliphatic carbocycles. The summed E-state index contributed by atoms with van der Waals surface area (Å²) in [5.41, 5.74) is 1.01. The van der Waals surface area contributed by atoms with Crippen molar-refractivity contribution >= 4 is 5.91 Å². The fraction of sp³-hybridized carbons (Fsp3) is 0.381. The minimum Gasteiger partial charge on any atom is -0.497 e. The molecule has 0 saturated heterocycles. The summed E-state index contributed by atoms with van der Waals surface area (Å²) >= 11 is 0. The van der Waals surface area contributed by atoms with E-state index in [1.807, 2.05) is 57.2 Å². The van der Waals surface area contributed by atoms with Crippen LogP contribution in [-0.2, 0) is 4.79 Å². The maximum absolute atomic E-state index is 12.6. The number of hydrogen-bond acceptors (Lipinski definition) is 4. The minimum atomic E-state index is -0.548. The Morgan fingerprint density at radius 2 is 1.54 bits per heavy atom. The van der Waals surface area contributed by atoms with Crippen molar-refractivity contribution in [3.05, 3.63) is 54.1 Å². The summed E-state index contributed by atoms with van der Waals surface area (Å²) in [4.78, 5) is 12.6. The monoisotopic (exact) mass is 357 g/mol. The van der Waals surface area contributed by atoms with Crippen LogP contribution < -0.4 is 19.5 Å². The molecule has 5 heteroatoms. The number of nitrogens with one attached hydrogen (secondary N) is 1. The second kappa shape index (κ2) is 9.70. The minimum absolute atomic E-state index is 0.119. The maximum atomic E-state index is 12.6. The molecule has 0 spiro atoms. The van der Waals surface area contributed by atoms with Crippen molar-refractivity contribution in [3.8, 4) is 17.2 Å². The van der Waals surface area contributed by atoms with Gasteiger partial charge in [0.2, 0.25) is 0 Å². The first-order chi connectivity index (χ1) is 12.6. The summed E-state index contributed by atoms with van der Waals surface area (Å²) in [6.07, 6.45) is 0.0296. The topological polar surface area (TPSA) is 56.8 Å². The molecular formula is C21H27NO4. The number of carbonyl (C=O) groups is 1. The second-order valence-electron chi connectivity index (χ2n) is 5.92. The first-order valence-corrected chi connectivity index (χ1v) is 8.91. The van der Waals surface area contributed by atoms with E-state index in [1.54, 1.807) is 19.2 Å². The van der Waals surface area contributed by atoms with Crippen LogP contribution in [0.2, 0.25) is 0 Å². The van der Waals surface area contributed by atoms with E-state index in [-0.39, 0.29) is 11.9 Å². The third kappa shape index (κ3) is 5.41. The predicted octanol–water partition coefficient (Wildman–Crippen LogP) is 4.13. The van der Waals surface area contributed by atoms with Gasteiger partial charge in [0.25, 0.3) is 5.91 Å². The van der Waals surface area contributed by atoms with Gasteiger partial charge in [0, 0.05) is 0 Å². The Labute approximate surface area is 155 Å². The van der Waals surface area contributed by atoms with Crippen LogP contribution in [0, 0.1) is 0 Å². The molecule has 0 heterocycles. The van der Waals surface area contributed by atoms with Gasteiger partial charge in [0.05, 0.1) is 19.8 Å². The Balaban J connectivity index is 1.96. The number of hydrogen-bond donors (Lipinski definition) is 1. The third-order valence-corrected chi connectivity index (χ3v) is 4.05. The molecule has 2 unspecified atom stereocenters. The van der Waals surface area contributed by atoms with Crippen molar-refractivity contribution in [2.45, 2.75) is 39.3 Å². The molecule has 26 heavy (non-hydrogen) atoms. The normalized spacial score (nSPS) is 12.8. The van der Waals surface area contributed by atoms with Crippen molar-refractivity contribution in [1.82, 2.24) is 5.32 Å². The highest BCUT2D eigenvalue weighted by Gasteiger charge is 2.20. The molecule has 1 N–H and O–H groups in total. The molecule has 2 rings (SSSR count). The van der Waals surface area contributed by atoms with Crippen LogP contribution in [0.4, 0.5) is 0 Å². The fourth-order valence-electron chi connectivity index (χ4n) is 2.55. The average Bonchev–Trinajstić information content (AvgIpc) is 2.67. The molecule has 5 nitrogen and oxygen atoms in total. The molecule has 0 saturated carbocycles. The van der Waals surface area contributed by atoms with Gasteiger partial charge in [-0.25, -0.2) is 0 Å². The lowest BCUT2D eigenvalue weighted by Gasteiger charge is -2.21. The summed E-state index contributed by atoms with van der Waals surface area (Å²) in [6, 6.07) is 14.8. The van der Waals surface area contributed by atoms with Gasteiger partial charge in [0.15, 0.2) is 6.10 Å². The molecule has 2 aromatic carbocycles. The van der Waals surface area contributed by atoms with E-state index in [4.69, 9.17) is 14.2 Å². The summed E-state index contributed by atoms with van der Waals surface area (Å²) in [7, 11) is 1.61. The van der Waals surface area contributed by atoms with Gasteiger partial charge >= 0.3 is 0 Å². The highest BCUT2D eigenvalue weighted by Crippen LogP contribution is 2.20. The van der Waals surface area contributed by atoms with Crippen molar-refractivity contribution in [3.63, 3.8) is 0 Å².